The fourth-order valence-corrected chi connectivity index (χ4v) is 4.27. The lowest BCUT2D eigenvalue weighted by Gasteiger charge is -2.24. The Morgan fingerprint density at radius 3 is 1.96 bits per heavy atom. The molecule has 0 aliphatic carbocycles. The maximum Gasteiger partial charge on any atom is 0.368 e. The smallest absolute Gasteiger partial charge is 0.368 e. The highest BCUT2D eigenvalue weighted by Gasteiger charge is 2.38. The number of ether oxygens (including phenoxy) is 1. The molecular formula is C19H35O5P. The SMILES string of the molecule is CCOC(=O)/C(=C/C(C)CCC=C(C)C)P(=O)(OC(C)C)OC(C)C. The quantitative estimate of drug-likeness (QED) is 0.196. The predicted molar refractivity (Wildman–Crippen MR) is 103 cm³/mol. The van der Waals surface area contributed by atoms with Crippen molar-refractivity contribution in [2.75, 3.05) is 6.61 Å². The standard InChI is InChI=1S/C19H35O5P/c1-9-22-19(20)18(13-17(8)12-10-11-14(2)3)25(21,23-15(4)5)24-16(6)7/h11,13,15-17H,9-10,12H2,1-8H3/b18-13-. The number of carbonyl (C=O) groups is 1. The molecule has 0 bridgehead atoms. The van der Waals surface area contributed by atoms with Crippen LogP contribution in [-0.4, -0.2) is 24.8 Å². The van der Waals surface area contributed by atoms with Crippen molar-refractivity contribution in [2.24, 2.45) is 5.92 Å². The van der Waals surface area contributed by atoms with Crippen molar-refractivity contribution in [3.05, 3.63) is 23.0 Å². The topological polar surface area (TPSA) is 61.8 Å². The number of carbonyl (C=O) groups excluding carboxylic acids is 1. The van der Waals surface area contributed by atoms with Crippen LogP contribution in [-0.2, 0) is 23.1 Å². The Bertz CT molecular complexity index is 502. The van der Waals surface area contributed by atoms with Crippen LogP contribution in [0.1, 0.15) is 68.2 Å². The molecule has 1 atom stereocenters. The van der Waals surface area contributed by atoms with E-state index in [0.29, 0.717) is 0 Å². The summed E-state index contributed by atoms with van der Waals surface area (Å²) in [5.74, 6) is -0.601. The zero-order valence-corrected chi connectivity index (χ0v) is 17.9. The Kier molecular flexibility index (Phi) is 11.2. The van der Waals surface area contributed by atoms with E-state index >= 15 is 0 Å². The van der Waals surface area contributed by atoms with Crippen molar-refractivity contribution >= 4 is 13.6 Å². The van der Waals surface area contributed by atoms with E-state index in [1.54, 1.807) is 40.7 Å². The Labute approximate surface area is 153 Å². The van der Waals surface area contributed by atoms with Crippen molar-refractivity contribution < 1.29 is 23.1 Å². The summed E-state index contributed by atoms with van der Waals surface area (Å²) in [6.45, 7) is 15.0. The van der Waals surface area contributed by atoms with E-state index in [0.717, 1.165) is 12.8 Å². The largest absolute Gasteiger partial charge is 0.462 e. The molecule has 0 amide bonds. The highest BCUT2D eigenvalue weighted by Crippen LogP contribution is 2.58. The third kappa shape index (κ3) is 9.98. The van der Waals surface area contributed by atoms with E-state index < -0.39 is 13.6 Å². The highest BCUT2D eigenvalue weighted by atomic mass is 31.2. The number of allylic oxidation sites excluding steroid dienone is 3. The first-order valence-corrected chi connectivity index (χ1v) is 10.6. The molecule has 25 heavy (non-hydrogen) atoms. The Hall–Kier alpha value is -0.900. The van der Waals surface area contributed by atoms with Gasteiger partial charge in [-0.05, 0) is 67.2 Å². The van der Waals surface area contributed by atoms with Gasteiger partial charge in [0, 0.05) is 0 Å². The summed E-state index contributed by atoms with van der Waals surface area (Å²) in [7, 11) is -3.76. The van der Waals surface area contributed by atoms with Gasteiger partial charge in [-0.1, -0.05) is 24.6 Å². The van der Waals surface area contributed by atoms with Crippen molar-refractivity contribution in [1.29, 1.82) is 0 Å². The van der Waals surface area contributed by atoms with Gasteiger partial charge in [0.15, 0.2) is 0 Å². The first-order chi connectivity index (χ1) is 11.5. The molecule has 0 aromatic carbocycles. The number of rotatable bonds is 11. The molecule has 1 unspecified atom stereocenters. The zero-order chi connectivity index (χ0) is 19.6. The van der Waals surface area contributed by atoms with Crippen LogP contribution in [0, 0.1) is 5.92 Å². The predicted octanol–water partition coefficient (Wildman–Crippen LogP) is 5.86. The Balaban J connectivity index is 5.68. The molecule has 0 N–H and O–H groups in total. The summed E-state index contributed by atoms with van der Waals surface area (Å²) in [4.78, 5) is 12.4. The van der Waals surface area contributed by atoms with Gasteiger partial charge in [-0.3, -0.25) is 4.57 Å². The van der Waals surface area contributed by atoms with E-state index in [1.165, 1.54) is 5.57 Å². The average molecular weight is 374 g/mol. The molecule has 0 saturated carbocycles. The summed E-state index contributed by atoms with van der Waals surface area (Å²) in [6, 6.07) is 0. The fraction of sp³-hybridized carbons (Fsp3) is 0.737. The van der Waals surface area contributed by atoms with E-state index in [1.807, 2.05) is 20.8 Å². The first-order valence-electron chi connectivity index (χ1n) is 9.01. The van der Waals surface area contributed by atoms with E-state index in [9.17, 15) is 9.36 Å². The third-order valence-electron chi connectivity index (χ3n) is 3.10. The Morgan fingerprint density at radius 2 is 1.56 bits per heavy atom. The average Bonchev–Trinajstić information content (AvgIpc) is 2.42. The molecule has 0 heterocycles. The zero-order valence-electron chi connectivity index (χ0n) is 17.0. The molecule has 0 fully saturated rings. The molecule has 5 nitrogen and oxygen atoms in total. The van der Waals surface area contributed by atoms with Crippen LogP contribution in [0.2, 0.25) is 0 Å². The minimum Gasteiger partial charge on any atom is -0.462 e. The van der Waals surface area contributed by atoms with Gasteiger partial charge in [-0.25, -0.2) is 4.79 Å². The third-order valence-corrected chi connectivity index (χ3v) is 5.42. The van der Waals surface area contributed by atoms with Gasteiger partial charge in [0.05, 0.1) is 18.8 Å². The maximum absolute atomic E-state index is 13.3. The molecule has 0 aliphatic heterocycles. The van der Waals surface area contributed by atoms with Crippen LogP contribution in [0.5, 0.6) is 0 Å². The fourth-order valence-electron chi connectivity index (χ4n) is 2.16. The van der Waals surface area contributed by atoms with Gasteiger partial charge in [-0.15, -0.1) is 0 Å². The minimum atomic E-state index is -3.76. The maximum atomic E-state index is 13.3. The second kappa shape index (κ2) is 11.7. The van der Waals surface area contributed by atoms with Gasteiger partial charge in [-0.2, -0.15) is 0 Å². The normalized spacial score (nSPS) is 13.9. The van der Waals surface area contributed by atoms with Crippen LogP contribution in [0.25, 0.3) is 0 Å². The van der Waals surface area contributed by atoms with E-state index in [-0.39, 0.29) is 30.0 Å². The second-order valence-corrected chi connectivity index (χ2v) is 8.81. The van der Waals surface area contributed by atoms with Gasteiger partial charge < -0.3 is 13.8 Å². The molecule has 0 saturated heterocycles. The van der Waals surface area contributed by atoms with Crippen molar-refractivity contribution in [3.8, 4) is 0 Å². The van der Waals surface area contributed by atoms with Crippen LogP contribution < -0.4 is 0 Å². The Morgan fingerprint density at radius 1 is 1.04 bits per heavy atom. The molecule has 0 aromatic rings. The molecule has 0 aromatic heterocycles. The van der Waals surface area contributed by atoms with Crippen molar-refractivity contribution in [2.45, 2.75) is 80.4 Å². The molecular weight excluding hydrogens is 339 g/mol. The summed E-state index contributed by atoms with van der Waals surface area (Å²) >= 11 is 0. The minimum absolute atomic E-state index is 0.00134. The summed E-state index contributed by atoms with van der Waals surface area (Å²) < 4.78 is 29.6. The molecule has 0 radical (unpaired) electrons. The summed E-state index contributed by atoms with van der Waals surface area (Å²) in [6.07, 6.45) is 4.85. The number of esters is 1. The van der Waals surface area contributed by atoms with Gasteiger partial charge >= 0.3 is 13.6 Å². The molecule has 0 spiro atoms. The van der Waals surface area contributed by atoms with Crippen LogP contribution >= 0.6 is 7.60 Å². The van der Waals surface area contributed by atoms with E-state index in [2.05, 4.69) is 6.08 Å². The second-order valence-electron chi connectivity index (χ2n) is 6.91. The van der Waals surface area contributed by atoms with E-state index in [4.69, 9.17) is 13.8 Å². The number of hydrogen-bond acceptors (Lipinski definition) is 5. The monoisotopic (exact) mass is 374 g/mol. The van der Waals surface area contributed by atoms with Crippen LogP contribution in [0.4, 0.5) is 0 Å². The van der Waals surface area contributed by atoms with Gasteiger partial charge in [0.1, 0.15) is 5.31 Å². The van der Waals surface area contributed by atoms with Crippen LogP contribution in [0.3, 0.4) is 0 Å². The van der Waals surface area contributed by atoms with Gasteiger partial charge in [0.25, 0.3) is 0 Å². The van der Waals surface area contributed by atoms with Crippen molar-refractivity contribution in [1.82, 2.24) is 0 Å². The molecule has 146 valence electrons. The molecule has 0 aliphatic rings. The van der Waals surface area contributed by atoms with Crippen molar-refractivity contribution in [3.63, 3.8) is 0 Å². The highest BCUT2D eigenvalue weighted by molar-refractivity contribution is 7.60. The lowest BCUT2D eigenvalue weighted by molar-refractivity contribution is -0.137. The summed E-state index contributed by atoms with van der Waals surface area (Å²) in [5.41, 5.74) is 1.25. The number of hydrogen-bond donors (Lipinski definition) is 0. The first kappa shape index (κ1) is 24.1. The van der Waals surface area contributed by atoms with Gasteiger partial charge in [0.2, 0.25) is 0 Å². The molecule has 6 heteroatoms. The lowest BCUT2D eigenvalue weighted by atomic mass is 10.0. The van der Waals surface area contributed by atoms with Crippen LogP contribution in [0.15, 0.2) is 23.0 Å². The lowest BCUT2D eigenvalue weighted by Crippen LogP contribution is -2.16. The summed E-state index contributed by atoms with van der Waals surface area (Å²) in [5, 5.41) is 0.00134. The molecule has 0 rings (SSSR count).